The first-order valence-electron chi connectivity index (χ1n) is 3.87. The average molecular weight is 371 g/mol. The smallest absolute Gasteiger partial charge is 0.250 e. The van der Waals surface area contributed by atoms with Gasteiger partial charge in [-0.05, 0) is 28.2 Å². The molecule has 1 aromatic rings. The van der Waals surface area contributed by atoms with E-state index in [1.165, 1.54) is 22.6 Å². The Kier molecular flexibility index (Phi) is 4.33. The van der Waals surface area contributed by atoms with Crippen LogP contribution >= 0.6 is 34.2 Å². The van der Waals surface area contributed by atoms with Gasteiger partial charge in [-0.2, -0.15) is 13.2 Å². The molecule has 0 aliphatic heterocycles. The highest BCUT2D eigenvalue weighted by atomic mass is 127. The summed E-state index contributed by atoms with van der Waals surface area (Å²) in [6.07, 6.45) is -7.02. The van der Waals surface area contributed by atoms with E-state index in [1.54, 1.807) is 0 Å². The van der Waals surface area contributed by atoms with E-state index in [0.717, 1.165) is 6.20 Å². The van der Waals surface area contributed by atoms with Crippen LogP contribution in [0.2, 0.25) is 0 Å². The van der Waals surface area contributed by atoms with Crippen LogP contribution in [-0.4, -0.2) is 4.98 Å². The van der Waals surface area contributed by atoms with Crippen LogP contribution in [0.3, 0.4) is 0 Å². The standard InChI is InChI=1S/C8H4ClF5IN/c9-1-3-2-16-6(8(12,13)14)5(15)4(3)7(10)11/h2,7H,1H2. The van der Waals surface area contributed by atoms with Gasteiger partial charge in [-0.15, -0.1) is 11.6 Å². The van der Waals surface area contributed by atoms with E-state index in [1.807, 2.05) is 0 Å². The molecular formula is C8H4ClF5IN. The summed E-state index contributed by atoms with van der Waals surface area (Å²) >= 11 is 6.57. The number of aromatic nitrogens is 1. The van der Waals surface area contributed by atoms with Gasteiger partial charge in [-0.3, -0.25) is 4.98 Å². The molecule has 1 rings (SSSR count). The number of nitrogens with zero attached hydrogens (tertiary/aromatic N) is 1. The number of halogens is 7. The van der Waals surface area contributed by atoms with Gasteiger partial charge < -0.3 is 0 Å². The molecule has 8 heteroatoms. The van der Waals surface area contributed by atoms with Crippen LogP contribution < -0.4 is 0 Å². The zero-order valence-electron chi connectivity index (χ0n) is 7.45. The minimum absolute atomic E-state index is 0.0888. The molecule has 0 atom stereocenters. The van der Waals surface area contributed by atoms with Gasteiger partial charge in [0.25, 0.3) is 6.43 Å². The fraction of sp³-hybridized carbons (Fsp3) is 0.375. The van der Waals surface area contributed by atoms with Crippen molar-refractivity contribution in [3.05, 3.63) is 26.6 Å². The van der Waals surface area contributed by atoms with E-state index in [0.29, 0.717) is 0 Å². The number of hydrogen-bond donors (Lipinski definition) is 0. The highest BCUT2D eigenvalue weighted by molar-refractivity contribution is 14.1. The molecule has 0 N–H and O–H groups in total. The van der Waals surface area contributed by atoms with Crippen molar-refractivity contribution in [3.8, 4) is 0 Å². The summed E-state index contributed by atoms with van der Waals surface area (Å²) < 4.78 is 61.7. The molecule has 0 aromatic carbocycles. The summed E-state index contributed by atoms with van der Waals surface area (Å²) in [6.45, 7) is 0. The predicted molar refractivity (Wildman–Crippen MR) is 56.5 cm³/mol. The Morgan fingerprint density at radius 3 is 2.31 bits per heavy atom. The minimum Gasteiger partial charge on any atom is -0.250 e. The number of rotatable bonds is 2. The third kappa shape index (κ3) is 2.73. The van der Waals surface area contributed by atoms with Crippen LogP contribution in [0.5, 0.6) is 0 Å². The molecule has 1 nitrogen and oxygen atoms in total. The predicted octanol–water partition coefficient (Wildman–Crippen LogP) is 4.38. The second-order valence-electron chi connectivity index (χ2n) is 2.79. The lowest BCUT2D eigenvalue weighted by Gasteiger charge is -2.14. The van der Waals surface area contributed by atoms with Crippen LogP contribution in [0.15, 0.2) is 6.20 Å². The number of pyridine rings is 1. The van der Waals surface area contributed by atoms with Crippen LogP contribution in [0.4, 0.5) is 22.0 Å². The van der Waals surface area contributed by atoms with Crippen molar-refractivity contribution < 1.29 is 22.0 Å². The molecule has 1 heterocycles. The van der Waals surface area contributed by atoms with E-state index in [-0.39, 0.29) is 11.4 Å². The molecule has 0 amide bonds. The summed E-state index contributed by atoms with van der Waals surface area (Å²) in [5.41, 5.74) is -2.09. The Labute approximate surface area is 106 Å². The third-order valence-electron chi connectivity index (χ3n) is 1.77. The van der Waals surface area contributed by atoms with Crippen molar-refractivity contribution in [1.29, 1.82) is 0 Å². The molecule has 0 fully saturated rings. The maximum Gasteiger partial charge on any atom is 0.434 e. The Balaban J connectivity index is 3.44. The third-order valence-corrected chi connectivity index (χ3v) is 3.15. The van der Waals surface area contributed by atoms with Crippen LogP contribution in [0.1, 0.15) is 23.2 Å². The van der Waals surface area contributed by atoms with Crippen molar-refractivity contribution >= 4 is 34.2 Å². The molecule has 1 aromatic heterocycles. The highest BCUT2D eigenvalue weighted by Gasteiger charge is 2.37. The summed E-state index contributed by atoms with van der Waals surface area (Å²) in [5.74, 6) is -0.305. The topological polar surface area (TPSA) is 12.9 Å². The second-order valence-corrected chi connectivity index (χ2v) is 4.14. The quantitative estimate of drug-likeness (QED) is 0.427. The largest absolute Gasteiger partial charge is 0.434 e. The van der Waals surface area contributed by atoms with Gasteiger partial charge in [0.15, 0.2) is 5.69 Å². The molecule has 16 heavy (non-hydrogen) atoms. The van der Waals surface area contributed by atoms with Crippen LogP contribution in [-0.2, 0) is 12.1 Å². The van der Waals surface area contributed by atoms with E-state index in [4.69, 9.17) is 11.6 Å². The van der Waals surface area contributed by atoms with Gasteiger partial charge in [-0.1, -0.05) is 0 Å². The first-order chi connectivity index (χ1) is 7.29. The molecule has 0 unspecified atom stereocenters. The maximum absolute atomic E-state index is 12.6. The van der Waals surface area contributed by atoms with Crippen LogP contribution in [0.25, 0.3) is 0 Å². The molecule has 0 aliphatic rings. The molecule has 0 aliphatic carbocycles. The van der Waals surface area contributed by atoms with Crippen molar-refractivity contribution in [3.63, 3.8) is 0 Å². The van der Waals surface area contributed by atoms with Crippen molar-refractivity contribution in [2.45, 2.75) is 18.5 Å². The van der Waals surface area contributed by atoms with Crippen molar-refractivity contribution in [1.82, 2.24) is 4.98 Å². The number of hydrogen-bond acceptors (Lipinski definition) is 1. The normalized spacial score (nSPS) is 12.2. The zero-order valence-corrected chi connectivity index (χ0v) is 10.4. The monoisotopic (exact) mass is 371 g/mol. The van der Waals surface area contributed by atoms with E-state index < -0.39 is 27.4 Å². The Bertz CT molecular complexity index is 393. The molecule has 0 saturated carbocycles. The van der Waals surface area contributed by atoms with Gasteiger partial charge in [0.05, 0.1) is 3.57 Å². The molecule has 0 bridgehead atoms. The molecule has 90 valence electrons. The molecule has 0 saturated heterocycles. The van der Waals surface area contributed by atoms with Gasteiger partial charge >= 0.3 is 6.18 Å². The van der Waals surface area contributed by atoms with Crippen LogP contribution in [0, 0.1) is 3.57 Å². The molecular weight excluding hydrogens is 367 g/mol. The van der Waals surface area contributed by atoms with Gasteiger partial charge in [0, 0.05) is 17.6 Å². The van der Waals surface area contributed by atoms with E-state index >= 15 is 0 Å². The Morgan fingerprint density at radius 1 is 1.38 bits per heavy atom. The molecule has 0 spiro atoms. The lowest BCUT2D eigenvalue weighted by atomic mass is 10.1. The van der Waals surface area contributed by atoms with E-state index in [9.17, 15) is 22.0 Å². The van der Waals surface area contributed by atoms with Crippen molar-refractivity contribution in [2.24, 2.45) is 0 Å². The molecule has 0 radical (unpaired) electrons. The summed E-state index contributed by atoms with van der Waals surface area (Å²) in [4.78, 5) is 3.11. The lowest BCUT2D eigenvalue weighted by molar-refractivity contribution is -0.142. The summed E-state index contributed by atoms with van der Waals surface area (Å²) in [6, 6.07) is 0. The van der Waals surface area contributed by atoms with Gasteiger partial charge in [0.1, 0.15) is 0 Å². The highest BCUT2D eigenvalue weighted by Crippen LogP contribution is 2.37. The van der Waals surface area contributed by atoms with E-state index in [2.05, 4.69) is 4.98 Å². The summed E-state index contributed by atoms with van der Waals surface area (Å²) in [5, 5.41) is 0. The average Bonchev–Trinajstić information content (AvgIpc) is 2.14. The zero-order chi connectivity index (χ0) is 12.5. The SMILES string of the molecule is FC(F)c1c(CCl)cnc(C(F)(F)F)c1I. The fourth-order valence-electron chi connectivity index (χ4n) is 1.08. The van der Waals surface area contributed by atoms with Crippen molar-refractivity contribution in [2.75, 3.05) is 0 Å². The first kappa shape index (κ1) is 13.9. The minimum atomic E-state index is -4.75. The second kappa shape index (κ2) is 4.99. The van der Waals surface area contributed by atoms with Gasteiger partial charge in [0.2, 0.25) is 0 Å². The van der Waals surface area contributed by atoms with Gasteiger partial charge in [-0.25, -0.2) is 8.78 Å². The number of alkyl halides is 6. The maximum atomic E-state index is 12.6. The lowest BCUT2D eigenvalue weighted by Crippen LogP contribution is -2.14. The Hall–Kier alpha value is -0.180. The fourth-order valence-corrected chi connectivity index (χ4v) is 2.32. The Morgan fingerprint density at radius 2 is 1.94 bits per heavy atom. The first-order valence-corrected chi connectivity index (χ1v) is 5.49. The summed E-state index contributed by atoms with van der Waals surface area (Å²) in [7, 11) is 0.